The standard InChI is InChI=1S/C27H32N2O6/c1-18(2)35-22-10-4-19(5-11-22)24-23(25(30)20-6-8-21(33-3)9-7-20)26(31)27(32)29(24)13-12-28-14-16-34-17-15-28/h4-11,18,24,30H,12-17H2,1-3H3/b25-23-. The van der Waals surface area contributed by atoms with Crippen molar-refractivity contribution in [3.63, 3.8) is 0 Å². The van der Waals surface area contributed by atoms with Gasteiger partial charge in [0.25, 0.3) is 11.7 Å². The van der Waals surface area contributed by atoms with Crippen LogP contribution in [0.25, 0.3) is 5.76 Å². The van der Waals surface area contributed by atoms with E-state index in [-0.39, 0.29) is 17.4 Å². The Morgan fingerprint density at radius 2 is 1.63 bits per heavy atom. The first kappa shape index (κ1) is 24.8. The first-order chi connectivity index (χ1) is 16.9. The van der Waals surface area contributed by atoms with Crippen molar-refractivity contribution in [1.29, 1.82) is 0 Å². The Balaban J connectivity index is 1.71. The average Bonchev–Trinajstić information content (AvgIpc) is 3.12. The molecule has 35 heavy (non-hydrogen) atoms. The molecule has 4 rings (SSSR count). The van der Waals surface area contributed by atoms with Gasteiger partial charge in [-0.3, -0.25) is 14.5 Å². The third-order valence-electron chi connectivity index (χ3n) is 6.23. The van der Waals surface area contributed by atoms with Gasteiger partial charge in [0, 0.05) is 31.7 Å². The van der Waals surface area contributed by atoms with Gasteiger partial charge in [-0.15, -0.1) is 0 Å². The Labute approximate surface area is 205 Å². The van der Waals surface area contributed by atoms with Gasteiger partial charge in [-0.05, 0) is 55.8 Å². The largest absolute Gasteiger partial charge is 0.507 e. The fraction of sp³-hybridized carbons (Fsp3) is 0.407. The maximum Gasteiger partial charge on any atom is 0.295 e. The van der Waals surface area contributed by atoms with Crippen LogP contribution in [0.5, 0.6) is 11.5 Å². The van der Waals surface area contributed by atoms with Gasteiger partial charge < -0.3 is 24.2 Å². The molecule has 0 aliphatic carbocycles. The van der Waals surface area contributed by atoms with Crippen LogP contribution >= 0.6 is 0 Å². The maximum atomic E-state index is 13.2. The highest BCUT2D eigenvalue weighted by Crippen LogP contribution is 2.40. The van der Waals surface area contributed by atoms with Crippen LogP contribution in [0, 0.1) is 0 Å². The van der Waals surface area contributed by atoms with Gasteiger partial charge in [0.15, 0.2) is 0 Å². The number of ether oxygens (including phenoxy) is 3. The molecule has 0 bridgehead atoms. The van der Waals surface area contributed by atoms with E-state index in [2.05, 4.69) is 4.90 Å². The van der Waals surface area contributed by atoms with Crippen LogP contribution in [0.4, 0.5) is 0 Å². The lowest BCUT2D eigenvalue weighted by atomic mass is 9.95. The minimum absolute atomic E-state index is 0.0232. The van der Waals surface area contributed by atoms with Crippen LogP contribution in [0.15, 0.2) is 54.1 Å². The number of hydrogen-bond acceptors (Lipinski definition) is 7. The molecule has 8 nitrogen and oxygen atoms in total. The van der Waals surface area contributed by atoms with E-state index in [4.69, 9.17) is 14.2 Å². The fourth-order valence-electron chi connectivity index (χ4n) is 4.44. The summed E-state index contributed by atoms with van der Waals surface area (Å²) in [6, 6.07) is 13.4. The van der Waals surface area contributed by atoms with Crippen LogP contribution in [-0.4, -0.2) is 79.2 Å². The molecular formula is C27H32N2O6. The second-order valence-electron chi connectivity index (χ2n) is 8.91. The summed E-state index contributed by atoms with van der Waals surface area (Å²) in [5, 5.41) is 11.2. The van der Waals surface area contributed by atoms with Crippen LogP contribution in [0.2, 0.25) is 0 Å². The zero-order valence-corrected chi connectivity index (χ0v) is 20.4. The summed E-state index contributed by atoms with van der Waals surface area (Å²) in [7, 11) is 1.56. The molecule has 0 aromatic heterocycles. The molecule has 2 aromatic carbocycles. The number of Topliss-reactive ketones (excluding diaryl/α,β-unsaturated/α-hetero) is 1. The molecular weight excluding hydrogens is 448 g/mol. The lowest BCUT2D eigenvalue weighted by Crippen LogP contribution is -2.42. The molecule has 1 atom stereocenters. The topological polar surface area (TPSA) is 88.5 Å². The number of carbonyl (C=O) groups excluding carboxylic acids is 2. The molecule has 2 fully saturated rings. The fourth-order valence-corrected chi connectivity index (χ4v) is 4.44. The predicted octanol–water partition coefficient (Wildman–Crippen LogP) is 3.24. The molecule has 1 amide bonds. The highest BCUT2D eigenvalue weighted by Gasteiger charge is 2.46. The number of nitrogens with zero attached hydrogens (tertiary/aromatic N) is 2. The van der Waals surface area contributed by atoms with Crippen molar-refractivity contribution in [2.45, 2.75) is 26.0 Å². The molecule has 0 spiro atoms. The van der Waals surface area contributed by atoms with Crippen molar-refractivity contribution in [3.05, 3.63) is 65.2 Å². The van der Waals surface area contributed by atoms with Crippen molar-refractivity contribution in [2.75, 3.05) is 46.5 Å². The number of methoxy groups -OCH3 is 1. The van der Waals surface area contributed by atoms with E-state index in [1.807, 2.05) is 38.1 Å². The second-order valence-corrected chi connectivity index (χ2v) is 8.91. The second kappa shape index (κ2) is 10.9. The SMILES string of the molecule is COc1ccc(/C(O)=C2/C(=O)C(=O)N(CCN3CCOCC3)C2c2ccc(OC(C)C)cc2)cc1. The molecule has 2 aliphatic rings. The summed E-state index contributed by atoms with van der Waals surface area (Å²) in [6.45, 7) is 7.73. The van der Waals surface area contributed by atoms with Crippen molar-refractivity contribution < 1.29 is 28.9 Å². The zero-order chi connectivity index (χ0) is 24.9. The van der Waals surface area contributed by atoms with Crippen molar-refractivity contribution >= 4 is 17.4 Å². The van der Waals surface area contributed by atoms with Crippen molar-refractivity contribution in [1.82, 2.24) is 9.80 Å². The number of hydrogen-bond donors (Lipinski definition) is 1. The minimum Gasteiger partial charge on any atom is -0.507 e. The van der Waals surface area contributed by atoms with Crippen molar-refractivity contribution in [2.24, 2.45) is 0 Å². The third-order valence-corrected chi connectivity index (χ3v) is 6.23. The summed E-state index contributed by atoms with van der Waals surface area (Å²) in [5.74, 6) is -0.171. The Bertz CT molecular complexity index is 1070. The average molecular weight is 481 g/mol. The Kier molecular flexibility index (Phi) is 7.73. The van der Waals surface area contributed by atoms with E-state index >= 15 is 0 Å². The molecule has 0 saturated carbocycles. The van der Waals surface area contributed by atoms with Crippen LogP contribution in [0.3, 0.4) is 0 Å². The molecule has 2 aliphatic heterocycles. The molecule has 2 heterocycles. The molecule has 8 heteroatoms. The van der Waals surface area contributed by atoms with Gasteiger partial charge in [-0.25, -0.2) is 0 Å². The van der Waals surface area contributed by atoms with E-state index in [1.54, 1.807) is 36.3 Å². The number of morpholine rings is 1. The summed E-state index contributed by atoms with van der Waals surface area (Å²) >= 11 is 0. The minimum atomic E-state index is -0.703. The van der Waals surface area contributed by atoms with Gasteiger partial charge in [0.05, 0.1) is 38.0 Å². The van der Waals surface area contributed by atoms with Gasteiger partial charge in [-0.2, -0.15) is 0 Å². The molecule has 2 aromatic rings. The van der Waals surface area contributed by atoms with Gasteiger partial charge in [0.2, 0.25) is 0 Å². The predicted molar refractivity (Wildman–Crippen MR) is 131 cm³/mol. The first-order valence-electron chi connectivity index (χ1n) is 11.9. The highest BCUT2D eigenvalue weighted by molar-refractivity contribution is 6.46. The van der Waals surface area contributed by atoms with E-state index in [0.29, 0.717) is 43.4 Å². The number of aliphatic hydroxyl groups excluding tert-OH is 1. The number of rotatable bonds is 8. The molecule has 1 N–H and O–H groups in total. The number of likely N-dealkylation sites (tertiary alicyclic amines) is 1. The summed E-state index contributed by atoms with van der Waals surface area (Å²) < 4.78 is 16.4. The first-order valence-corrected chi connectivity index (χ1v) is 11.9. The molecule has 2 saturated heterocycles. The van der Waals surface area contributed by atoms with Crippen LogP contribution < -0.4 is 9.47 Å². The smallest absolute Gasteiger partial charge is 0.295 e. The Morgan fingerprint density at radius 3 is 2.23 bits per heavy atom. The monoisotopic (exact) mass is 480 g/mol. The summed E-state index contributed by atoms with van der Waals surface area (Å²) in [6.07, 6.45) is 0.0232. The number of aliphatic hydroxyl groups is 1. The summed E-state index contributed by atoms with van der Waals surface area (Å²) in [4.78, 5) is 30.1. The van der Waals surface area contributed by atoms with E-state index < -0.39 is 17.7 Å². The molecule has 1 unspecified atom stereocenters. The van der Waals surface area contributed by atoms with E-state index in [1.165, 1.54) is 0 Å². The lowest BCUT2D eigenvalue weighted by molar-refractivity contribution is -0.140. The van der Waals surface area contributed by atoms with E-state index in [0.717, 1.165) is 18.7 Å². The number of benzene rings is 2. The van der Waals surface area contributed by atoms with E-state index in [9.17, 15) is 14.7 Å². The summed E-state index contributed by atoms with van der Waals surface area (Å²) in [5.41, 5.74) is 1.26. The van der Waals surface area contributed by atoms with Crippen molar-refractivity contribution in [3.8, 4) is 11.5 Å². The maximum absolute atomic E-state index is 13.2. The Hall–Kier alpha value is -3.36. The zero-order valence-electron chi connectivity index (χ0n) is 20.4. The van der Waals surface area contributed by atoms with Gasteiger partial charge >= 0.3 is 0 Å². The normalized spacial score (nSPS) is 20.5. The number of ketones is 1. The number of carbonyl (C=O) groups is 2. The van der Waals surface area contributed by atoms with Gasteiger partial charge in [0.1, 0.15) is 17.3 Å². The molecule has 0 radical (unpaired) electrons. The highest BCUT2D eigenvalue weighted by atomic mass is 16.5. The van der Waals surface area contributed by atoms with Crippen LogP contribution in [-0.2, 0) is 14.3 Å². The third kappa shape index (κ3) is 5.49. The Morgan fingerprint density at radius 1 is 1.00 bits per heavy atom. The molecule has 186 valence electrons. The van der Waals surface area contributed by atoms with Gasteiger partial charge in [-0.1, -0.05) is 12.1 Å². The number of amides is 1. The quantitative estimate of drug-likeness (QED) is 0.353. The van der Waals surface area contributed by atoms with Crippen LogP contribution in [0.1, 0.15) is 31.0 Å². The lowest BCUT2D eigenvalue weighted by Gasteiger charge is -2.31.